The molecule has 0 aromatic heterocycles. The molecule has 0 saturated heterocycles. The summed E-state index contributed by atoms with van der Waals surface area (Å²) >= 11 is 4.41. The van der Waals surface area contributed by atoms with Crippen molar-refractivity contribution < 1.29 is 9.90 Å². The molecule has 3 nitrogen and oxygen atoms in total. The van der Waals surface area contributed by atoms with E-state index in [1.807, 2.05) is 6.92 Å². The predicted molar refractivity (Wildman–Crippen MR) is 57.1 cm³/mol. The van der Waals surface area contributed by atoms with Crippen LogP contribution < -0.4 is 5.73 Å². The molecule has 0 spiro atoms. The summed E-state index contributed by atoms with van der Waals surface area (Å²) in [5, 5.41) is 8.61. The van der Waals surface area contributed by atoms with E-state index in [4.69, 9.17) is 10.8 Å². The van der Waals surface area contributed by atoms with E-state index in [-0.39, 0.29) is 4.75 Å². The van der Waals surface area contributed by atoms with Crippen LogP contribution in [0.5, 0.6) is 0 Å². The van der Waals surface area contributed by atoms with Crippen LogP contribution in [0.25, 0.3) is 0 Å². The van der Waals surface area contributed by atoms with Crippen LogP contribution >= 0.6 is 12.6 Å². The molecule has 3 N–H and O–H groups in total. The fourth-order valence-corrected chi connectivity index (χ4v) is 1.58. The number of unbranched alkanes of at least 4 members (excludes halogenated alkanes) is 1. The minimum absolute atomic E-state index is 0.256. The van der Waals surface area contributed by atoms with Crippen molar-refractivity contribution in [1.29, 1.82) is 0 Å². The maximum absolute atomic E-state index is 10.5. The molecule has 0 aromatic carbocycles. The molecule has 0 rings (SSSR count). The van der Waals surface area contributed by atoms with Crippen molar-refractivity contribution >= 4 is 18.6 Å². The Morgan fingerprint density at radius 1 is 1.69 bits per heavy atom. The van der Waals surface area contributed by atoms with Crippen molar-refractivity contribution in [3.63, 3.8) is 0 Å². The first-order valence-corrected chi connectivity index (χ1v) is 5.04. The van der Waals surface area contributed by atoms with Gasteiger partial charge in [0.15, 0.2) is 0 Å². The van der Waals surface area contributed by atoms with Gasteiger partial charge in [0.1, 0.15) is 6.04 Å². The number of rotatable bonds is 6. The molecule has 4 heteroatoms. The van der Waals surface area contributed by atoms with Crippen molar-refractivity contribution in [2.24, 2.45) is 5.73 Å². The van der Waals surface area contributed by atoms with Gasteiger partial charge in [-0.25, -0.2) is 0 Å². The lowest BCUT2D eigenvalue weighted by atomic mass is 9.95. The predicted octanol–water partition coefficient (Wildman–Crippen LogP) is 1.67. The maximum atomic E-state index is 10.5. The number of carboxylic acid groups (broad SMARTS) is 1. The van der Waals surface area contributed by atoms with Crippen LogP contribution in [0.3, 0.4) is 0 Å². The molecular weight excluding hydrogens is 186 g/mol. The summed E-state index contributed by atoms with van der Waals surface area (Å²) in [6, 6.07) is -0.792. The SMILES string of the molecule is CCCCC(C)(S)CC(N)C(=O)O. The molecule has 0 saturated carbocycles. The quantitative estimate of drug-likeness (QED) is 0.578. The van der Waals surface area contributed by atoms with Gasteiger partial charge in [0, 0.05) is 4.75 Å². The van der Waals surface area contributed by atoms with Crippen molar-refractivity contribution in [1.82, 2.24) is 0 Å². The second-order valence-electron chi connectivity index (χ2n) is 3.75. The van der Waals surface area contributed by atoms with Gasteiger partial charge >= 0.3 is 5.97 Å². The lowest BCUT2D eigenvalue weighted by Crippen LogP contribution is -2.36. The number of carbonyl (C=O) groups is 1. The normalized spacial score (nSPS) is 17.8. The van der Waals surface area contributed by atoms with Crippen LogP contribution in [0.4, 0.5) is 0 Å². The summed E-state index contributed by atoms with van der Waals surface area (Å²) in [5.74, 6) is -0.947. The largest absolute Gasteiger partial charge is 0.480 e. The van der Waals surface area contributed by atoms with Crippen molar-refractivity contribution in [2.45, 2.75) is 50.3 Å². The van der Waals surface area contributed by atoms with Crippen molar-refractivity contribution in [2.75, 3.05) is 0 Å². The molecule has 0 aliphatic rings. The van der Waals surface area contributed by atoms with E-state index in [1.165, 1.54) is 0 Å². The van der Waals surface area contributed by atoms with Gasteiger partial charge in [-0.05, 0) is 12.8 Å². The monoisotopic (exact) mass is 205 g/mol. The number of thiol groups is 1. The number of hydrogen-bond donors (Lipinski definition) is 3. The van der Waals surface area contributed by atoms with Gasteiger partial charge < -0.3 is 10.8 Å². The molecule has 0 bridgehead atoms. The first-order chi connectivity index (χ1) is 5.89. The van der Waals surface area contributed by atoms with Gasteiger partial charge in [-0.2, -0.15) is 12.6 Å². The molecule has 78 valence electrons. The molecule has 0 radical (unpaired) electrons. The molecule has 2 atom stereocenters. The summed E-state index contributed by atoms with van der Waals surface area (Å²) < 4.78 is -0.256. The Kier molecular flexibility index (Phi) is 5.40. The van der Waals surface area contributed by atoms with Crippen molar-refractivity contribution in [3.8, 4) is 0 Å². The highest BCUT2D eigenvalue weighted by Crippen LogP contribution is 2.26. The third-order valence-corrected chi connectivity index (χ3v) is 2.45. The smallest absolute Gasteiger partial charge is 0.320 e. The highest BCUT2D eigenvalue weighted by molar-refractivity contribution is 7.81. The van der Waals surface area contributed by atoms with E-state index in [2.05, 4.69) is 19.6 Å². The molecule has 0 aliphatic carbocycles. The highest BCUT2D eigenvalue weighted by atomic mass is 32.1. The van der Waals surface area contributed by atoms with Gasteiger partial charge in [0.25, 0.3) is 0 Å². The van der Waals surface area contributed by atoms with Crippen LogP contribution in [0.2, 0.25) is 0 Å². The molecule has 0 aliphatic heterocycles. The Morgan fingerprint density at radius 2 is 2.23 bits per heavy atom. The number of nitrogens with two attached hydrogens (primary N) is 1. The zero-order valence-electron chi connectivity index (χ0n) is 8.29. The molecule has 0 fully saturated rings. The zero-order chi connectivity index (χ0) is 10.5. The average molecular weight is 205 g/mol. The molecule has 13 heavy (non-hydrogen) atoms. The van der Waals surface area contributed by atoms with E-state index in [0.29, 0.717) is 6.42 Å². The number of hydrogen-bond acceptors (Lipinski definition) is 3. The third-order valence-electron chi connectivity index (χ3n) is 2.05. The second-order valence-corrected chi connectivity index (χ2v) is 4.83. The van der Waals surface area contributed by atoms with E-state index >= 15 is 0 Å². The van der Waals surface area contributed by atoms with Gasteiger partial charge in [-0.3, -0.25) is 4.79 Å². The lowest BCUT2D eigenvalue weighted by Gasteiger charge is -2.25. The summed E-state index contributed by atoms with van der Waals surface area (Å²) in [4.78, 5) is 10.5. The molecule has 0 heterocycles. The average Bonchev–Trinajstić information content (AvgIpc) is 2.00. The molecule has 2 unspecified atom stereocenters. The number of aliphatic carboxylic acids is 1. The summed E-state index contributed by atoms with van der Waals surface area (Å²) in [6.45, 7) is 4.04. The Balaban J connectivity index is 3.93. The lowest BCUT2D eigenvalue weighted by molar-refractivity contribution is -0.138. The summed E-state index contributed by atoms with van der Waals surface area (Å²) in [5.41, 5.74) is 5.43. The number of carboxylic acids is 1. The van der Waals surface area contributed by atoms with Gasteiger partial charge in [0.05, 0.1) is 0 Å². The van der Waals surface area contributed by atoms with Gasteiger partial charge in [0.2, 0.25) is 0 Å². The maximum Gasteiger partial charge on any atom is 0.320 e. The van der Waals surface area contributed by atoms with E-state index < -0.39 is 12.0 Å². The summed E-state index contributed by atoms with van der Waals surface area (Å²) in [6.07, 6.45) is 3.49. The highest BCUT2D eigenvalue weighted by Gasteiger charge is 2.25. The Labute approximate surface area is 85.1 Å². The zero-order valence-corrected chi connectivity index (χ0v) is 9.18. The topological polar surface area (TPSA) is 63.3 Å². The van der Waals surface area contributed by atoms with Crippen molar-refractivity contribution in [3.05, 3.63) is 0 Å². The first-order valence-electron chi connectivity index (χ1n) is 4.60. The summed E-state index contributed by atoms with van der Waals surface area (Å²) in [7, 11) is 0. The molecule has 0 amide bonds. The first kappa shape index (κ1) is 12.8. The minimum Gasteiger partial charge on any atom is -0.480 e. The molecular formula is C9H19NO2S. The van der Waals surface area contributed by atoms with E-state index in [1.54, 1.807) is 0 Å². The van der Waals surface area contributed by atoms with Crippen LogP contribution in [-0.2, 0) is 4.79 Å². The Bertz CT molecular complexity index is 171. The van der Waals surface area contributed by atoms with Crippen LogP contribution in [0.15, 0.2) is 0 Å². The van der Waals surface area contributed by atoms with Crippen LogP contribution in [-0.4, -0.2) is 21.9 Å². The minimum atomic E-state index is -0.947. The van der Waals surface area contributed by atoms with Crippen LogP contribution in [0, 0.1) is 0 Å². The third kappa shape index (κ3) is 5.93. The molecule has 0 aromatic rings. The second kappa shape index (κ2) is 5.50. The van der Waals surface area contributed by atoms with Gasteiger partial charge in [-0.15, -0.1) is 0 Å². The Morgan fingerprint density at radius 3 is 2.62 bits per heavy atom. The van der Waals surface area contributed by atoms with E-state index in [9.17, 15) is 4.79 Å². The fraction of sp³-hybridized carbons (Fsp3) is 0.889. The fourth-order valence-electron chi connectivity index (χ4n) is 1.22. The van der Waals surface area contributed by atoms with Gasteiger partial charge in [-0.1, -0.05) is 26.7 Å². The van der Waals surface area contributed by atoms with E-state index in [0.717, 1.165) is 19.3 Å². The van der Waals surface area contributed by atoms with Crippen LogP contribution in [0.1, 0.15) is 39.5 Å². The standard InChI is InChI=1S/C9H19NO2S/c1-3-4-5-9(2,13)6-7(10)8(11)12/h7,13H,3-6,10H2,1-2H3,(H,11,12). The Hall–Kier alpha value is -0.220.